The number of piperazine rings is 1. The summed E-state index contributed by atoms with van der Waals surface area (Å²) in [7, 11) is 1.70. The molecule has 2 aliphatic heterocycles. The summed E-state index contributed by atoms with van der Waals surface area (Å²) in [4.78, 5) is 42.4. The Labute approximate surface area is 137 Å². The summed E-state index contributed by atoms with van der Waals surface area (Å²) in [6.07, 6.45) is 4.45. The zero-order valence-corrected chi connectivity index (χ0v) is 14.0. The maximum Gasteiger partial charge on any atom is 0.327 e. The van der Waals surface area contributed by atoms with Gasteiger partial charge in [-0.05, 0) is 19.8 Å². The largest absolute Gasteiger partial charge is 0.338 e. The number of amides is 4. The summed E-state index contributed by atoms with van der Waals surface area (Å²) in [6.45, 7) is 3.89. The maximum absolute atomic E-state index is 12.9. The van der Waals surface area contributed by atoms with Gasteiger partial charge in [0.1, 0.15) is 12.1 Å². The molecule has 7 heteroatoms. The van der Waals surface area contributed by atoms with Crippen LogP contribution in [-0.4, -0.2) is 77.4 Å². The van der Waals surface area contributed by atoms with Crippen LogP contribution in [0.25, 0.3) is 0 Å². The summed E-state index contributed by atoms with van der Waals surface area (Å²) in [5, 5.41) is 3.28. The molecule has 128 valence electrons. The van der Waals surface area contributed by atoms with Crippen molar-refractivity contribution in [2.24, 2.45) is 0 Å². The van der Waals surface area contributed by atoms with Crippen molar-refractivity contribution in [3.63, 3.8) is 0 Å². The van der Waals surface area contributed by atoms with E-state index in [9.17, 15) is 14.4 Å². The number of carbonyl (C=O) groups is 3. The molecule has 1 aliphatic carbocycles. The minimum absolute atomic E-state index is 0.128. The van der Waals surface area contributed by atoms with Gasteiger partial charge in [-0.3, -0.25) is 14.5 Å². The molecule has 1 saturated carbocycles. The SMILES string of the molecule is CC1CN(C(=O)CN2C(=O)N(C)C3(CCCCC3)C2=O)CCN1. The number of hydrogen-bond donors (Lipinski definition) is 1. The number of nitrogens with one attached hydrogen (secondary N) is 1. The van der Waals surface area contributed by atoms with Gasteiger partial charge >= 0.3 is 6.03 Å². The van der Waals surface area contributed by atoms with Gasteiger partial charge in [-0.1, -0.05) is 19.3 Å². The van der Waals surface area contributed by atoms with Crippen molar-refractivity contribution in [2.45, 2.75) is 50.6 Å². The standard InChI is InChI=1S/C16H26N4O3/c1-12-10-19(9-8-17-12)13(21)11-20-14(22)16(18(2)15(20)23)6-4-3-5-7-16/h12,17H,3-11H2,1-2H3. The third kappa shape index (κ3) is 2.71. The van der Waals surface area contributed by atoms with E-state index >= 15 is 0 Å². The van der Waals surface area contributed by atoms with Crippen LogP contribution >= 0.6 is 0 Å². The van der Waals surface area contributed by atoms with Crippen molar-refractivity contribution in [1.82, 2.24) is 20.0 Å². The second-order valence-corrected chi connectivity index (χ2v) is 7.02. The Morgan fingerprint density at radius 3 is 2.61 bits per heavy atom. The molecular weight excluding hydrogens is 296 g/mol. The molecule has 4 amide bonds. The van der Waals surface area contributed by atoms with Crippen LogP contribution in [0.3, 0.4) is 0 Å². The average molecular weight is 322 g/mol. The van der Waals surface area contributed by atoms with Crippen molar-refractivity contribution < 1.29 is 14.4 Å². The van der Waals surface area contributed by atoms with Gasteiger partial charge in [-0.2, -0.15) is 0 Å². The molecule has 0 aromatic carbocycles. The first-order valence-electron chi connectivity index (χ1n) is 8.56. The highest BCUT2D eigenvalue weighted by Gasteiger charge is 2.56. The van der Waals surface area contributed by atoms with E-state index < -0.39 is 5.54 Å². The van der Waals surface area contributed by atoms with E-state index in [2.05, 4.69) is 5.32 Å². The molecule has 1 N–H and O–H groups in total. The number of likely N-dealkylation sites (N-methyl/N-ethyl adjacent to an activating group) is 1. The van der Waals surface area contributed by atoms with Crippen molar-refractivity contribution >= 4 is 17.8 Å². The fourth-order valence-electron chi connectivity index (χ4n) is 4.07. The lowest BCUT2D eigenvalue weighted by Gasteiger charge is -2.36. The molecule has 2 saturated heterocycles. The Balaban J connectivity index is 1.71. The predicted molar refractivity (Wildman–Crippen MR) is 84.7 cm³/mol. The summed E-state index contributed by atoms with van der Waals surface area (Å²) in [5.74, 6) is -0.317. The molecule has 0 bridgehead atoms. The van der Waals surface area contributed by atoms with Crippen molar-refractivity contribution in [1.29, 1.82) is 0 Å². The van der Waals surface area contributed by atoms with Crippen LogP contribution in [-0.2, 0) is 9.59 Å². The highest BCUT2D eigenvalue weighted by Crippen LogP contribution is 2.39. The zero-order chi connectivity index (χ0) is 16.6. The van der Waals surface area contributed by atoms with Gasteiger partial charge in [-0.25, -0.2) is 4.79 Å². The van der Waals surface area contributed by atoms with Gasteiger partial charge in [0.2, 0.25) is 5.91 Å². The smallest absolute Gasteiger partial charge is 0.327 e. The fraction of sp³-hybridized carbons (Fsp3) is 0.812. The lowest BCUT2D eigenvalue weighted by atomic mass is 9.81. The molecule has 0 aromatic rings. The Kier molecular flexibility index (Phi) is 4.31. The highest BCUT2D eigenvalue weighted by atomic mass is 16.2. The molecular formula is C16H26N4O3. The molecule has 7 nitrogen and oxygen atoms in total. The lowest BCUT2D eigenvalue weighted by molar-refractivity contribution is -0.141. The fourth-order valence-corrected chi connectivity index (χ4v) is 4.07. The Morgan fingerprint density at radius 2 is 1.96 bits per heavy atom. The Bertz CT molecular complexity index is 515. The normalized spacial score (nSPS) is 27.9. The predicted octanol–water partition coefficient (Wildman–Crippen LogP) is 0.404. The first-order valence-corrected chi connectivity index (χ1v) is 8.56. The van der Waals surface area contributed by atoms with Crippen LogP contribution in [0.2, 0.25) is 0 Å². The molecule has 0 aromatic heterocycles. The summed E-state index contributed by atoms with van der Waals surface area (Å²) in [6, 6.07) is -0.0847. The van der Waals surface area contributed by atoms with E-state index in [1.807, 2.05) is 6.92 Å². The second kappa shape index (κ2) is 6.11. The summed E-state index contributed by atoms with van der Waals surface area (Å²) >= 11 is 0. The quantitative estimate of drug-likeness (QED) is 0.747. The number of urea groups is 1. The Morgan fingerprint density at radius 1 is 1.26 bits per heavy atom. The minimum atomic E-state index is -0.702. The molecule has 23 heavy (non-hydrogen) atoms. The minimum Gasteiger partial charge on any atom is -0.338 e. The second-order valence-electron chi connectivity index (χ2n) is 7.02. The van der Waals surface area contributed by atoms with Crippen LogP contribution in [0.5, 0.6) is 0 Å². The third-order valence-electron chi connectivity index (χ3n) is 5.50. The number of nitrogens with zero attached hydrogens (tertiary/aromatic N) is 3. The first-order chi connectivity index (χ1) is 11.0. The molecule has 1 atom stereocenters. The van der Waals surface area contributed by atoms with Gasteiger partial charge in [0.25, 0.3) is 5.91 Å². The monoisotopic (exact) mass is 322 g/mol. The molecule has 1 unspecified atom stereocenters. The topological polar surface area (TPSA) is 73.0 Å². The van der Waals surface area contributed by atoms with Gasteiger partial charge in [0.15, 0.2) is 0 Å². The Hall–Kier alpha value is -1.63. The van der Waals surface area contributed by atoms with Crippen LogP contribution in [0, 0.1) is 0 Å². The van der Waals surface area contributed by atoms with E-state index in [0.29, 0.717) is 25.9 Å². The molecule has 3 fully saturated rings. The zero-order valence-electron chi connectivity index (χ0n) is 14.0. The van der Waals surface area contributed by atoms with E-state index in [4.69, 9.17) is 0 Å². The number of hydrogen-bond acceptors (Lipinski definition) is 4. The van der Waals surface area contributed by atoms with Crippen LogP contribution in [0.4, 0.5) is 4.79 Å². The number of rotatable bonds is 2. The maximum atomic E-state index is 12.9. The van der Waals surface area contributed by atoms with Gasteiger partial charge < -0.3 is 15.1 Å². The van der Waals surface area contributed by atoms with Crippen molar-refractivity contribution in [3.05, 3.63) is 0 Å². The number of imide groups is 1. The third-order valence-corrected chi connectivity index (χ3v) is 5.50. The van der Waals surface area contributed by atoms with Crippen LogP contribution in [0.15, 0.2) is 0 Å². The molecule has 3 rings (SSSR count). The van der Waals surface area contributed by atoms with Crippen molar-refractivity contribution in [3.8, 4) is 0 Å². The highest BCUT2D eigenvalue weighted by molar-refractivity contribution is 6.08. The van der Waals surface area contributed by atoms with Crippen molar-refractivity contribution in [2.75, 3.05) is 33.2 Å². The van der Waals surface area contributed by atoms with Crippen LogP contribution < -0.4 is 5.32 Å². The molecule has 0 radical (unpaired) electrons. The first kappa shape index (κ1) is 16.2. The number of carbonyl (C=O) groups excluding carboxylic acids is 3. The molecule has 2 heterocycles. The molecule has 1 spiro atoms. The summed E-state index contributed by atoms with van der Waals surface area (Å²) < 4.78 is 0. The van der Waals surface area contributed by atoms with E-state index in [-0.39, 0.29) is 30.4 Å². The van der Waals surface area contributed by atoms with E-state index in [1.54, 1.807) is 16.8 Å². The van der Waals surface area contributed by atoms with Gasteiger partial charge in [-0.15, -0.1) is 0 Å². The van der Waals surface area contributed by atoms with E-state index in [1.165, 1.54) is 4.90 Å². The molecule has 3 aliphatic rings. The van der Waals surface area contributed by atoms with E-state index in [0.717, 1.165) is 25.8 Å². The van der Waals surface area contributed by atoms with Gasteiger partial charge in [0, 0.05) is 32.7 Å². The average Bonchev–Trinajstić information content (AvgIpc) is 2.72. The van der Waals surface area contributed by atoms with Crippen LogP contribution in [0.1, 0.15) is 39.0 Å². The van der Waals surface area contributed by atoms with Gasteiger partial charge in [0.05, 0.1) is 0 Å². The summed E-state index contributed by atoms with van der Waals surface area (Å²) in [5.41, 5.74) is -0.702. The lowest BCUT2D eigenvalue weighted by Crippen LogP contribution is -2.54.